The number of ketones is 1. The number of para-hydroxylation sites is 1. The fraction of sp³-hybridized carbons (Fsp3) is 0.238. The minimum absolute atomic E-state index is 0.00817. The van der Waals surface area contributed by atoms with Crippen molar-refractivity contribution in [3.05, 3.63) is 83.4 Å². The number of fused-ring (bicyclic) bond motifs is 1. The number of aromatic nitrogens is 2. The van der Waals surface area contributed by atoms with Crippen LogP contribution in [0.3, 0.4) is 0 Å². The molecule has 132 valence electrons. The monoisotopic (exact) mass is 350 g/mol. The lowest BCUT2D eigenvalue weighted by Crippen LogP contribution is -2.39. The molecule has 0 spiro atoms. The van der Waals surface area contributed by atoms with Gasteiger partial charge in [0.15, 0.2) is 5.78 Å². The third-order valence-corrected chi connectivity index (χ3v) is 5.00. The molecule has 1 atom stereocenters. The Kier molecular flexibility index (Phi) is 4.07. The second kappa shape index (κ2) is 6.41. The number of carbonyl (C=O) groups is 1. The molecule has 4 nitrogen and oxygen atoms in total. The van der Waals surface area contributed by atoms with Crippen molar-refractivity contribution in [1.82, 2.24) is 9.78 Å². The zero-order chi connectivity index (χ0) is 18.1. The summed E-state index contributed by atoms with van der Waals surface area (Å²) in [4.78, 5) is 13.1. The molecule has 0 amide bonds. The molecule has 4 rings (SSSR count). The first kappa shape index (κ1) is 16.5. The largest absolute Gasteiger partial charge is 0.487 e. The van der Waals surface area contributed by atoms with Crippen molar-refractivity contribution in [1.29, 1.82) is 0 Å². The Morgan fingerprint density at radius 2 is 1.88 bits per heavy atom. The molecule has 1 unspecified atom stereocenters. The molecule has 2 heterocycles. The zero-order valence-corrected chi connectivity index (χ0v) is 14.5. The number of hydrogen-bond acceptors (Lipinski definition) is 3. The molecule has 2 aromatic carbocycles. The quantitative estimate of drug-likeness (QED) is 0.710. The van der Waals surface area contributed by atoms with Crippen molar-refractivity contribution < 1.29 is 13.9 Å². The van der Waals surface area contributed by atoms with Gasteiger partial charge in [-0.2, -0.15) is 5.10 Å². The molecule has 3 aromatic rings. The maximum absolute atomic E-state index is 13.2. The number of carbonyl (C=O) groups excluding carboxylic acids is 1. The molecule has 0 saturated carbocycles. The van der Waals surface area contributed by atoms with Crippen molar-refractivity contribution >= 4 is 5.78 Å². The Labute approximate surface area is 151 Å². The van der Waals surface area contributed by atoms with Gasteiger partial charge in [0.2, 0.25) is 0 Å². The van der Waals surface area contributed by atoms with E-state index < -0.39 is 5.41 Å². The second-order valence-electron chi connectivity index (χ2n) is 6.76. The van der Waals surface area contributed by atoms with Crippen LogP contribution in [0.2, 0.25) is 0 Å². The summed E-state index contributed by atoms with van der Waals surface area (Å²) in [6.07, 6.45) is 0.630. The predicted molar refractivity (Wildman–Crippen MR) is 95.7 cm³/mol. The fourth-order valence-electron chi connectivity index (χ4n) is 3.39. The van der Waals surface area contributed by atoms with E-state index >= 15 is 0 Å². The Hall–Kier alpha value is -2.95. The highest BCUT2D eigenvalue weighted by Crippen LogP contribution is 2.36. The fourth-order valence-corrected chi connectivity index (χ4v) is 3.39. The van der Waals surface area contributed by atoms with Crippen LogP contribution in [0.15, 0.2) is 60.7 Å². The normalized spacial score (nSPS) is 19.2. The first-order valence-electron chi connectivity index (χ1n) is 8.62. The summed E-state index contributed by atoms with van der Waals surface area (Å²) in [5.74, 6) is 0.473. The first-order chi connectivity index (χ1) is 12.6. The molecular formula is C21H19FN2O2. The maximum Gasteiger partial charge on any atom is 0.191 e. The SMILES string of the molecule is CC1(c2ccc(F)cc2)CCn2nc(COc3ccccc3)cc2C1=O. The topological polar surface area (TPSA) is 44.1 Å². The van der Waals surface area contributed by atoms with Crippen molar-refractivity contribution in [3.8, 4) is 5.75 Å². The number of halogens is 1. The third kappa shape index (κ3) is 2.90. The minimum Gasteiger partial charge on any atom is -0.487 e. The lowest BCUT2D eigenvalue weighted by molar-refractivity contribution is 0.0844. The van der Waals surface area contributed by atoms with E-state index in [2.05, 4.69) is 5.10 Å². The standard InChI is InChI=1S/C21H19FN2O2/c1-21(15-7-9-16(22)10-8-15)11-12-24-19(20(21)25)13-17(23-24)14-26-18-5-3-2-4-6-18/h2-10,13H,11-12,14H2,1H3. The number of rotatable bonds is 4. The Morgan fingerprint density at radius 1 is 1.15 bits per heavy atom. The summed E-state index contributed by atoms with van der Waals surface area (Å²) in [6.45, 7) is 2.87. The molecule has 0 bridgehead atoms. The van der Waals surface area contributed by atoms with E-state index in [-0.39, 0.29) is 11.6 Å². The molecule has 26 heavy (non-hydrogen) atoms. The van der Waals surface area contributed by atoms with E-state index in [1.165, 1.54) is 12.1 Å². The Morgan fingerprint density at radius 3 is 2.62 bits per heavy atom. The van der Waals surface area contributed by atoms with Gasteiger partial charge in [0.1, 0.15) is 29.6 Å². The summed E-state index contributed by atoms with van der Waals surface area (Å²) in [6, 6.07) is 17.5. The molecule has 0 fully saturated rings. The lowest BCUT2D eigenvalue weighted by Gasteiger charge is -2.32. The van der Waals surface area contributed by atoms with Gasteiger partial charge < -0.3 is 4.74 Å². The van der Waals surface area contributed by atoms with Crippen LogP contribution in [0.25, 0.3) is 0 Å². The Balaban J connectivity index is 1.57. The molecule has 0 radical (unpaired) electrons. The molecular weight excluding hydrogens is 331 g/mol. The molecule has 0 N–H and O–H groups in total. The van der Waals surface area contributed by atoms with Gasteiger partial charge in [0.05, 0.1) is 5.41 Å². The number of Topliss-reactive ketones (excluding diaryl/α,β-unsaturated/α-hetero) is 1. The van der Waals surface area contributed by atoms with Crippen LogP contribution in [0.5, 0.6) is 5.75 Å². The second-order valence-corrected chi connectivity index (χ2v) is 6.76. The summed E-state index contributed by atoms with van der Waals surface area (Å²) >= 11 is 0. The third-order valence-electron chi connectivity index (χ3n) is 5.00. The minimum atomic E-state index is -0.665. The van der Waals surface area contributed by atoms with Crippen LogP contribution < -0.4 is 4.74 Å². The average Bonchev–Trinajstić information content (AvgIpc) is 3.08. The highest BCUT2D eigenvalue weighted by atomic mass is 19.1. The van der Waals surface area contributed by atoms with Crippen LogP contribution in [-0.2, 0) is 18.6 Å². The van der Waals surface area contributed by atoms with E-state index in [0.717, 1.165) is 17.0 Å². The molecule has 0 saturated heterocycles. The predicted octanol–water partition coefficient (Wildman–Crippen LogP) is 4.15. The van der Waals surface area contributed by atoms with Crippen LogP contribution >= 0.6 is 0 Å². The first-order valence-corrected chi connectivity index (χ1v) is 8.62. The van der Waals surface area contributed by atoms with Gasteiger partial charge in [-0.25, -0.2) is 4.39 Å². The molecule has 0 aliphatic carbocycles. The van der Waals surface area contributed by atoms with Crippen molar-refractivity contribution in [3.63, 3.8) is 0 Å². The lowest BCUT2D eigenvalue weighted by atomic mass is 9.73. The van der Waals surface area contributed by atoms with Crippen molar-refractivity contribution in [2.75, 3.05) is 0 Å². The summed E-state index contributed by atoms with van der Waals surface area (Å²) < 4.78 is 20.7. The summed E-state index contributed by atoms with van der Waals surface area (Å²) in [7, 11) is 0. The van der Waals surface area contributed by atoms with E-state index in [4.69, 9.17) is 4.74 Å². The average molecular weight is 350 g/mol. The van der Waals surface area contributed by atoms with Crippen molar-refractivity contribution in [2.24, 2.45) is 0 Å². The number of ether oxygens (including phenoxy) is 1. The van der Waals surface area contributed by atoms with Crippen LogP contribution in [-0.4, -0.2) is 15.6 Å². The van der Waals surface area contributed by atoms with Gasteiger partial charge in [0.25, 0.3) is 0 Å². The van der Waals surface area contributed by atoms with Crippen LogP contribution in [0.4, 0.5) is 4.39 Å². The van der Waals surface area contributed by atoms with Crippen LogP contribution in [0.1, 0.15) is 35.1 Å². The molecule has 1 aromatic heterocycles. The van der Waals surface area contributed by atoms with Gasteiger partial charge in [-0.15, -0.1) is 0 Å². The number of benzene rings is 2. The molecule has 5 heteroatoms. The van der Waals surface area contributed by atoms with Gasteiger partial charge in [-0.05, 0) is 49.2 Å². The highest BCUT2D eigenvalue weighted by molar-refractivity contribution is 6.03. The van der Waals surface area contributed by atoms with E-state index in [0.29, 0.717) is 25.3 Å². The highest BCUT2D eigenvalue weighted by Gasteiger charge is 2.41. The van der Waals surface area contributed by atoms with Gasteiger partial charge >= 0.3 is 0 Å². The summed E-state index contributed by atoms with van der Waals surface area (Å²) in [5, 5.41) is 4.50. The molecule has 1 aliphatic heterocycles. The van der Waals surface area contributed by atoms with Gasteiger partial charge in [0, 0.05) is 6.54 Å². The van der Waals surface area contributed by atoms with E-state index in [1.54, 1.807) is 22.9 Å². The maximum atomic E-state index is 13.2. The van der Waals surface area contributed by atoms with Crippen LogP contribution in [0, 0.1) is 5.82 Å². The van der Waals surface area contributed by atoms with E-state index in [9.17, 15) is 9.18 Å². The zero-order valence-electron chi connectivity index (χ0n) is 14.5. The summed E-state index contributed by atoms with van der Waals surface area (Å²) in [5.41, 5.74) is 1.47. The number of nitrogens with zero attached hydrogens (tertiary/aromatic N) is 2. The number of hydrogen-bond donors (Lipinski definition) is 0. The Bertz CT molecular complexity index is 934. The van der Waals surface area contributed by atoms with Gasteiger partial charge in [-0.1, -0.05) is 30.3 Å². The van der Waals surface area contributed by atoms with Gasteiger partial charge in [-0.3, -0.25) is 9.48 Å². The smallest absolute Gasteiger partial charge is 0.191 e. The number of aryl methyl sites for hydroxylation is 1. The van der Waals surface area contributed by atoms with E-state index in [1.807, 2.05) is 37.3 Å². The van der Waals surface area contributed by atoms with Crippen molar-refractivity contribution in [2.45, 2.75) is 31.9 Å². The molecule has 1 aliphatic rings.